The predicted molar refractivity (Wildman–Crippen MR) is 148 cm³/mol. The van der Waals surface area contributed by atoms with Crippen LogP contribution in [0.15, 0.2) is 72.8 Å². The Morgan fingerprint density at radius 1 is 1.05 bits per heavy atom. The van der Waals surface area contributed by atoms with Gasteiger partial charge in [0.1, 0.15) is 5.75 Å². The molecular weight excluding hydrogens is 500 g/mol. The number of ether oxygens (including phenoxy) is 3. The molecule has 3 aromatic rings. The van der Waals surface area contributed by atoms with Gasteiger partial charge in [-0.1, -0.05) is 66.2 Å². The molecule has 0 bridgehead atoms. The van der Waals surface area contributed by atoms with E-state index in [-0.39, 0.29) is 24.7 Å². The Bertz CT molecular complexity index is 1180. The van der Waals surface area contributed by atoms with Gasteiger partial charge < -0.3 is 24.4 Å². The molecule has 2 N–H and O–H groups in total. The van der Waals surface area contributed by atoms with Gasteiger partial charge in [-0.25, -0.2) is 0 Å². The Hall–Kier alpha value is -2.41. The van der Waals surface area contributed by atoms with Gasteiger partial charge in [0, 0.05) is 23.8 Å². The lowest BCUT2D eigenvalue weighted by atomic mass is 9.61. The summed E-state index contributed by atoms with van der Waals surface area (Å²) >= 11 is 6.64. The summed E-state index contributed by atoms with van der Waals surface area (Å²) in [6, 6.07) is 24.5. The first kappa shape index (κ1) is 27.2. The van der Waals surface area contributed by atoms with Crippen molar-refractivity contribution in [2.45, 2.75) is 69.5 Å². The summed E-state index contributed by atoms with van der Waals surface area (Å²) in [5.41, 5.74) is 3.90. The SMILES string of the molecule is CCOc1ccc(Cc2cc(C3CC(OCc4ccccc4)C4CCC4(CC(O)CO)O3)ccc2Cl)cc1. The number of hydrogen-bond donors (Lipinski definition) is 2. The van der Waals surface area contributed by atoms with Crippen molar-refractivity contribution in [2.24, 2.45) is 5.92 Å². The van der Waals surface area contributed by atoms with E-state index in [0.717, 1.165) is 52.3 Å². The summed E-state index contributed by atoms with van der Waals surface area (Å²) in [5.74, 6) is 1.05. The zero-order chi connectivity index (χ0) is 26.5. The van der Waals surface area contributed by atoms with E-state index in [9.17, 15) is 10.2 Å². The highest BCUT2D eigenvalue weighted by Gasteiger charge is 2.57. The average Bonchev–Trinajstić information content (AvgIpc) is 2.92. The van der Waals surface area contributed by atoms with Gasteiger partial charge in [0.05, 0.1) is 43.7 Å². The van der Waals surface area contributed by atoms with Gasteiger partial charge in [-0.3, -0.25) is 0 Å². The minimum atomic E-state index is -0.813. The van der Waals surface area contributed by atoms with Gasteiger partial charge in [-0.15, -0.1) is 0 Å². The molecule has 1 saturated heterocycles. The van der Waals surface area contributed by atoms with E-state index in [0.29, 0.717) is 26.1 Å². The molecule has 0 aromatic heterocycles. The van der Waals surface area contributed by atoms with E-state index in [1.54, 1.807) is 0 Å². The van der Waals surface area contributed by atoms with Crippen molar-refractivity contribution in [2.75, 3.05) is 13.2 Å². The molecule has 2 aliphatic rings. The molecule has 0 radical (unpaired) electrons. The summed E-state index contributed by atoms with van der Waals surface area (Å²) in [6.07, 6.45) is 2.69. The first-order chi connectivity index (χ1) is 18.5. The monoisotopic (exact) mass is 536 g/mol. The Balaban J connectivity index is 1.37. The molecule has 0 amide bonds. The molecule has 38 heavy (non-hydrogen) atoms. The normalized spacial score (nSPS) is 25.3. The second kappa shape index (κ2) is 12.2. The van der Waals surface area contributed by atoms with Crippen LogP contribution in [0.2, 0.25) is 5.02 Å². The van der Waals surface area contributed by atoms with Crippen LogP contribution in [0.25, 0.3) is 0 Å². The van der Waals surface area contributed by atoms with E-state index in [1.807, 2.05) is 49.4 Å². The Kier molecular flexibility index (Phi) is 8.71. The number of hydrogen-bond acceptors (Lipinski definition) is 5. The van der Waals surface area contributed by atoms with E-state index in [1.165, 1.54) is 0 Å². The van der Waals surface area contributed by atoms with Gasteiger partial charge in [-0.2, -0.15) is 0 Å². The average molecular weight is 537 g/mol. The van der Waals surface area contributed by atoms with Crippen LogP contribution in [0.5, 0.6) is 5.75 Å². The van der Waals surface area contributed by atoms with Crippen molar-refractivity contribution >= 4 is 11.6 Å². The first-order valence-electron chi connectivity index (χ1n) is 13.6. The third kappa shape index (κ3) is 6.08. The molecule has 1 aliphatic heterocycles. The third-order valence-corrected chi connectivity index (χ3v) is 8.36. The summed E-state index contributed by atoms with van der Waals surface area (Å²) < 4.78 is 18.9. The van der Waals surface area contributed by atoms with Crippen LogP contribution in [0.3, 0.4) is 0 Å². The zero-order valence-electron chi connectivity index (χ0n) is 21.9. The maximum absolute atomic E-state index is 10.4. The minimum Gasteiger partial charge on any atom is -0.494 e. The van der Waals surface area contributed by atoms with Crippen molar-refractivity contribution in [3.05, 3.63) is 100 Å². The van der Waals surface area contributed by atoms with Crippen molar-refractivity contribution in [1.29, 1.82) is 0 Å². The van der Waals surface area contributed by atoms with E-state index >= 15 is 0 Å². The molecule has 0 spiro atoms. The van der Waals surface area contributed by atoms with Crippen LogP contribution in [0.4, 0.5) is 0 Å². The van der Waals surface area contributed by atoms with Gasteiger partial charge in [-0.05, 0) is 66.6 Å². The largest absolute Gasteiger partial charge is 0.494 e. The van der Waals surface area contributed by atoms with E-state index in [4.69, 9.17) is 25.8 Å². The number of aliphatic hydroxyl groups excluding tert-OH is 2. The van der Waals surface area contributed by atoms with Crippen LogP contribution in [-0.2, 0) is 22.5 Å². The minimum absolute atomic E-state index is 0.00108. The molecule has 2 fully saturated rings. The fraction of sp³-hybridized carbons (Fsp3) is 0.438. The number of benzene rings is 3. The lowest BCUT2D eigenvalue weighted by Crippen LogP contribution is -2.60. The number of rotatable bonds is 11. The smallest absolute Gasteiger partial charge is 0.119 e. The molecule has 3 aromatic carbocycles. The van der Waals surface area contributed by atoms with E-state index < -0.39 is 11.7 Å². The van der Waals surface area contributed by atoms with Crippen molar-refractivity contribution in [1.82, 2.24) is 0 Å². The number of halogens is 1. The topological polar surface area (TPSA) is 68.2 Å². The fourth-order valence-corrected chi connectivity index (χ4v) is 6.15. The molecule has 1 aliphatic carbocycles. The van der Waals surface area contributed by atoms with Crippen LogP contribution in [-0.4, -0.2) is 41.2 Å². The molecule has 5 nitrogen and oxygen atoms in total. The summed E-state index contributed by atoms with van der Waals surface area (Å²) in [7, 11) is 0. The fourth-order valence-electron chi connectivity index (χ4n) is 5.96. The molecule has 202 valence electrons. The lowest BCUT2D eigenvalue weighted by molar-refractivity contribution is -0.270. The van der Waals surface area contributed by atoms with Crippen LogP contribution in [0.1, 0.15) is 61.0 Å². The molecule has 1 heterocycles. The Morgan fingerprint density at radius 2 is 1.84 bits per heavy atom. The number of aliphatic hydroxyl groups is 2. The van der Waals surface area contributed by atoms with Gasteiger partial charge in [0.25, 0.3) is 0 Å². The van der Waals surface area contributed by atoms with Crippen molar-refractivity contribution in [3.8, 4) is 5.75 Å². The molecule has 5 rings (SSSR count). The summed E-state index contributed by atoms with van der Waals surface area (Å²) in [6.45, 7) is 2.88. The van der Waals surface area contributed by atoms with Crippen LogP contribution < -0.4 is 4.74 Å². The Morgan fingerprint density at radius 3 is 2.53 bits per heavy atom. The third-order valence-electron chi connectivity index (χ3n) is 8.00. The second-order valence-corrected chi connectivity index (χ2v) is 10.9. The van der Waals surface area contributed by atoms with Gasteiger partial charge >= 0.3 is 0 Å². The quantitative estimate of drug-likeness (QED) is 0.302. The summed E-state index contributed by atoms with van der Waals surface area (Å²) in [4.78, 5) is 0. The molecule has 6 heteroatoms. The molecule has 1 saturated carbocycles. The standard InChI is InChI=1S/C32H37ClO5/c1-2-36-27-11-8-22(9-12-27)16-25-17-24(10-13-29(25)33)30-18-31(37-21-23-6-4-3-5-7-23)28-14-15-32(28,38-30)19-26(35)20-34/h3-13,17,26,28,30-31,34-35H,2,14-16,18-21H2,1H3. The first-order valence-corrected chi connectivity index (χ1v) is 14.0. The molecule has 5 unspecified atom stereocenters. The Labute approximate surface area is 230 Å². The molecule has 5 atom stereocenters. The van der Waals surface area contributed by atoms with Crippen molar-refractivity contribution in [3.63, 3.8) is 0 Å². The second-order valence-electron chi connectivity index (χ2n) is 10.5. The summed E-state index contributed by atoms with van der Waals surface area (Å²) in [5, 5.41) is 20.7. The lowest BCUT2D eigenvalue weighted by Gasteiger charge is -2.58. The number of fused-ring (bicyclic) bond motifs is 1. The van der Waals surface area contributed by atoms with Crippen LogP contribution in [0, 0.1) is 5.92 Å². The maximum Gasteiger partial charge on any atom is 0.119 e. The molecular formula is C32H37ClO5. The van der Waals surface area contributed by atoms with Crippen molar-refractivity contribution < 1.29 is 24.4 Å². The predicted octanol–water partition coefficient (Wildman–Crippen LogP) is 6.27. The van der Waals surface area contributed by atoms with Gasteiger partial charge in [0.2, 0.25) is 0 Å². The highest BCUT2D eigenvalue weighted by molar-refractivity contribution is 6.31. The van der Waals surface area contributed by atoms with Crippen LogP contribution >= 0.6 is 11.6 Å². The highest BCUT2D eigenvalue weighted by Crippen LogP contribution is 2.55. The zero-order valence-corrected chi connectivity index (χ0v) is 22.6. The van der Waals surface area contributed by atoms with Gasteiger partial charge in [0.15, 0.2) is 0 Å². The maximum atomic E-state index is 10.4. The van der Waals surface area contributed by atoms with E-state index in [2.05, 4.69) is 30.3 Å². The highest BCUT2D eigenvalue weighted by atomic mass is 35.5.